The predicted octanol–water partition coefficient (Wildman–Crippen LogP) is 3.03. The highest BCUT2D eigenvalue weighted by atomic mass is 16.5. The van der Waals surface area contributed by atoms with Crippen LogP contribution in [0, 0.1) is 11.8 Å². The maximum Gasteiger partial charge on any atom is 0.161 e. The van der Waals surface area contributed by atoms with Crippen LogP contribution in [0.25, 0.3) is 0 Å². The van der Waals surface area contributed by atoms with Crippen molar-refractivity contribution >= 4 is 0 Å². The van der Waals surface area contributed by atoms with Crippen LogP contribution >= 0.6 is 0 Å². The lowest BCUT2D eigenvalue weighted by Crippen LogP contribution is -2.15. The van der Waals surface area contributed by atoms with E-state index in [4.69, 9.17) is 9.47 Å². The molecule has 2 atom stereocenters. The number of hydrogen-bond donors (Lipinski definition) is 1. The maximum absolute atomic E-state index is 10.2. The number of rotatable bonds is 5. The molecule has 0 saturated heterocycles. The molecule has 96 valence electrons. The second-order valence-electron chi connectivity index (χ2n) is 4.66. The van der Waals surface area contributed by atoms with E-state index in [2.05, 4.69) is 13.8 Å². The Bertz CT molecular complexity index is 360. The summed E-state index contributed by atoms with van der Waals surface area (Å²) in [6, 6.07) is 5.54. The van der Waals surface area contributed by atoms with Crippen LogP contribution in [0.5, 0.6) is 11.5 Å². The van der Waals surface area contributed by atoms with E-state index in [-0.39, 0.29) is 5.92 Å². The van der Waals surface area contributed by atoms with Crippen molar-refractivity contribution < 1.29 is 14.6 Å². The fourth-order valence-electron chi connectivity index (χ4n) is 1.70. The topological polar surface area (TPSA) is 38.7 Å². The summed E-state index contributed by atoms with van der Waals surface area (Å²) in [5.41, 5.74) is 0.865. The first-order valence-corrected chi connectivity index (χ1v) is 5.91. The number of hydrogen-bond acceptors (Lipinski definition) is 3. The second-order valence-corrected chi connectivity index (χ2v) is 4.66. The lowest BCUT2D eigenvalue weighted by atomic mass is 9.88. The Kier molecular flexibility index (Phi) is 4.82. The van der Waals surface area contributed by atoms with Crippen LogP contribution in [0.1, 0.15) is 32.4 Å². The van der Waals surface area contributed by atoms with Crippen LogP contribution in [0.2, 0.25) is 0 Å². The zero-order valence-corrected chi connectivity index (χ0v) is 11.2. The van der Waals surface area contributed by atoms with Gasteiger partial charge < -0.3 is 14.6 Å². The lowest BCUT2D eigenvalue weighted by Gasteiger charge is -2.23. The van der Waals surface area contributed by atoms with Crippen molar-refractivity contribution in [1.82, 2.24) is 0 Å². The molecule has 0 amide bonds. The third-order valence-electron chi connectivity index (χ3n) is 3.30. The van der Waals surface area contributed by atoms with Crippen LogP contribution in [0.3, 0.4) is 0 Å². The number of benzene rings is 1. The first-order chi connectivity index (χ1) is 8.01. The normalized spacial score (nSPS) is 14.5. The molecule has 0 aliphatic heterocycles. The average Bonchev–Trinajstić information content (AvgIpc) is 2.35. The highest BCUT2D eigenvalue weighted by molar-refractivity contribution is 5.43. The zero-order chi connectivity index (χ0) is 13.0. The van der Waals surface area contributed by atoms with Gasteiger partial charge in [-0.2, -0.15) is 0 Å². The quantitative estimate of drug-likeness (QED) is 0.857. The number of methoxy groups -OCH3 is 2. The van der Waals surface area contributed by atoms with Crippen molar-refractivity contribution in [2.24, 2.45) is 11.8 Å². The summed E-state index contributed by atoms with van der Waals surface area (Å²) < 4.78 is 10.4. The summed E-state index contributed by atoms with van der Waals surface area (Å²) in [6.45, 7) is 6.26. The van der Waals surface area contributed by atoms with Crippen molar-refractivity contribution in [1.29, 1.82) is 0 Å². The Balaban J connectivity index is 2.99. The third-order valence-corrected chi connectivity index (χ3v) is 3.30. The summed E-state index contributed by atoms with van der Waals surface area (Å²) in [6.07, 6.45) is -0.477. The molecule has 1 aromatic carbocycles. The van der Waals surface area contributed by atoms with Gasteiger partial charge in [0.15, 0.2) is 11.5 Å². The van der Waals surface area contributed by atoms with E-state index in [1.807, 2.05) is 25.1 Å². The molecule has 1 N–H and O–H groups in total. The van der Waals surface area contributed by atoms with E-state index in [1.165, 1.54) is 0 Å². The molecule has 0 radical (unpaired) electrons. The molecular weight excluding hydrogens is 216 g/mol. The molecule has 0 aliphatic rings. The molecular formula is C14H22O3. The molecule has 3 heteroatoms. The largest absolute Gasteiger partial charge is 0.493 e. The number of ether oxygens (including phenoxy) is 2. The summed E-state index contributed by atoms with van der Waals surface area (Å²) in [5, 5.41) is 10.2. The minimum atomic E-state index is -0.477. The van der Waals surface area contributed by atoms with Gasteiger partial charge in [-0.15, -0.1) is 0 Å². The van der Waals surface area contributed by atoms with Gasteiger partial charge in [0.05, 0.1) is 20.3 Å². The Morgan fingerprint density at radius 2 is 1.59 bits per heavy atom. The van der Waals surface area contributed by atoms with Gasteiger partial charge in [0.1, 0.15) is 0 Å². The van der Waals surface area contributed by atoms with Gasteiger partial charge >= 0.3 is 0 Å². The minimum Gasteiger partial charge on any atom is -0.493 e. The number of aliphatic hydroxyl groups is 1. The molecule has 0 spiro atoms. The van der Waals surface area contributed by atoms with Crippen LogP contribution in [-0.2, 0) is 0 Å². The van der Waals surface area contributed by atoms with Crippen molar-refractivity contribution in [3.63, 3.8) is 0 Å². The molecule has 0 aromatic heterocycles. The van der Waals surface area contributed by atoms with Gasteiger partial charge in [0.2, 0.25) is 0 Å². The van der Waals surface area contributed by atoms with Crippen LogP contribution in [-0.4, -0.2) is 19.3 Å². The zero-order valence-electron chi connectivity index (χ0n) is 11.2. The Morgan fingerprint density at radius 3 is 2.06 bits per heavy atom. The van der Waals surface area contributed by atoms with Crippen molar-refractivity contribution in [3.8, 4) is 11.5 Å². The van der Waals surface area contributed by atoms with Crippen LogP contribution in [0.4, 0.5) is 0 Å². The molecule has 0 fully saturated rings. The van der Waals surface area contributed by atoms with E-state index in [0.29, 0.717) is 17.4 Å². The van der Waals surface area contributed by atoms with E-state index in [0.717, 1.165) is 5.56 Å². The number of aliphatic hydroxyl groups excluding tert-OH is 1. The predicted molar refractivity (Wildman–Crippen MR) is 68.5 cm³/mol. The maximum atomic E-state index is 10.2. The van der Waals surface area contributed by atoms with Gasteiger partial charge in [-0.1, -0.05) is 26.8 Å². The third kappa shape index (κ3) is 3.13. The molecule has 0 aliphatic carbocycles. The van der Waals surface area contributed by atoms with E-state index >= 15 is 0 Å². The molecule has 1 aromatic rings. The smallest absolute Gasteiger partial charge is 0.161 e. The first kappa shape index (κ1) is 13.8. The van der Waals surface area contributed by atoms with Gasteiger partial charge in [-0.25, -0.2) is 0 Å². The molecule has 0 heterocycles. The fraction of sp³-hybridized carbons (Fsp3) is 0.571. The summed E-state index contributed by atoms with van der Waals surface area (Å²) in [7, 11) is 3.20. The highest BCUT2D eigenvalue weighted by Crippen LogP contribution is 2.34. The second kappa shape index (κ2) is 5.92. The molecule has 0 saturated carbocycles. The lowest BCUT2D eigenvalue weighted by molar-refractivity contribution is 0.0918. The summed E-state index contributed by atoms with van der Waals surface area (Å²) in [4.78, 5) is 0. The molecule has 2 unspecified atom stereocenters. The average molecular weight is 238 g/mol. The highest BCUT2D eigenvalue weighted by Gasteiger charge is 2.20. The SMILES string of the molecule is COc1ccc(C(O)C(C)C(C)C)cc1OC. The molecule has 0 bridgehead atoms. The Labute approximate surface area is 103 Å². The van der Waals surface area contributed by atoms with Gasteiger partial charge in [0.25, 0.3) is 0 Å². The molecule has 3 nitrogen and oxygen atoms in total. The van der Waals surface area contributed by atoms with Crippen LogP contribution < -0.4 is 9.47 Å². The van der Waals surface area contributed by atoms with Crippen molar-refractivity contribution in [2.75, 3.05) is 14.2 Å². The Hall–Kier alpha value is -1.22. The minimum absolute atomic E-state index is 0.202. The van der Waals surface area contributed by atoms with Crippen molar-refractivity contribution in [3.05, 3.63) is 23.8 Å². The van der Waals surface area contributed by atoms with Gasteiger partial charge in [-0.05, 0) is 29.5 Å². The van der Waals surface area contributed by atoms with E-state index in [1.54, 1.807) is 14.2 Å². The standard InChI is InChI=1S/C14H22O3/c1-9(2)10(3)14(15)11-6-7-12(16-4)13(8-11)17-5/h6-10,14-15H,1-5H3. The van der Waals surface area contributed by atoms with Crippen LogP contribution in [0.15, 0.2) is 18.2 Å². The van der Waals surface area contributed by atoms with E-state index < -0.39 is 6.10 Å². The first-order valence-electron chi connectivity index (χ1n) is 5.91. The van der Waals surface area contributed by atoms with Gasteiger partial charge in [0, 0.05) is 0 Å². The Morgan fingerprint density at radius 1 is 1.00 bits per heavy atom. The molecule has 1 rings (SSSR count). The molecule has 17 heavy (non-hydrogen) atoms. The summed E-state index contributed by atoms with van der Waals surface area (Å²) in [5.74, 6) is 1.96. The summed E-state index contributed by atoms with van der Waals surface area (Å²) >= 11 is 0. The monoisotopic (exact) mass is 238 g/mol. The van der Waals surface area contributed by atoms with E-state index in [9.17, 15) is 5.11 Å². The van der Waals surface area contributed by atoms with Crippen molar-refractivity contribution in [2.45, 2.75) is 26.9 Å². The fourth-order valence-corrected chi connectivity index (χ4v) is 1.70. The van der Waals surface area contributed by atoms with Gasteiger partial charge in [-0.3, -0.25) is 0 Å².